The number of nitrogens with one attached hydrogen (secondary N) is 1. The Labute approximate surface area is 191 Å². The maximum atomic E-state index is 12.8. The van der Waals surface area contributed by atoms with Crippen molar-refractivity contribution in [3.05, 3.63) is 80.5 Å². The monoisotopic (exact) mass is 448 g/mol. The zero-order chi connectivity index (χ0) is 23.4. The van der Waals surface area contributed by atoms with Gasteiger partial charge in [-0.2, -0.15) is 0 Å². The smallest absolute Gasteiger partial charge is 0.331 e. The van der Waals surface area contributed by atoms with Gasteiger partial charge in [0.25, 0.3) is 11.5 Å². The van der Waals surface area contributed by atoms with E-state index in [1.807, 2.05) is 17.0 Å². The van der Waals surface area contributed by atoms with Crippen LogP contribution in [0.1, 0.15) is 42.1 Å². The molecule has 33 heavy (non-hydrogen) atoms. The van der Waals surface area contributed by atoms with Crippen molar-refractivity contribution in [2.45, 2.75) is 45.8 Å². The highest BCUT2D eigenvalue weighted by atomic mass is 16.2. The van der Waals surface area contributed by atoms with E-state index in [0.717, 1.165) is 42.5 Å². The van der Waals surface area contributed by atoms with Gasteiger partial charge in [0.15, 0.2) is 0 Å². The maximum absolute atomic E-state index is 12.8. The molecule has 1 N–H and O–H groups in total. The Morgan fingerprint density at radius 3 is 2.45 bits per heavy atom. The summed E-state index contributed by atoms with van der Waals surface area (Å²) in [7, 11) is 0. The lowest BCUT2D eigenvalue weighted by atomic mass is 10.1. The fraction of sp³-hybridized carbons (Fsp3) is 0.360. The van der Waals surface area contributed by atoms with Crippen LogP contribution in [0.2, 0.25) is 0 Å². The molecule has 4 rings (SSSR count). The number of hydrogen-bond donors (Lipinski definition) is 1. The molecule has 2 heterocycles. The molecule has 1 saturated heterocycles. The van der Waals surface area contributed by atoms with E-state index in [1.165, 1.54) is 4.57 Å². The second-order valence-corrected chi connectivity index (χ2v) is 8.27. The van der Waals surface area contributed by atoms with Crippen molar-refractivity contribution in [2.75, 3.05) is 13.1 Å². The molecule has 2 aromatic carbocycles. The summed E-state index contributed by atoms with van der Waals surface area (Å²) in [5.41, 5.74) is 0.986. The number of hydrogen-bond acceptors (Lipinski definition) is 4. The quantitative estimate of drug-likeness (QED) is 0.625. The van der Waals surface area contributed by atoms with Crippen LogP contribution in [0.25, 0.3) is 10.9 Å². The predicted octanol–water partition coefficient (Wildman–Crippen LogP) is 2.13. The van der Waals surface area contributed by atoms with E-state index < -0.39 is 5.69 Å². The van der Waals surface area contributed by atoms with Crippen molar-refractivity contribution in [2.24, 2.45) is 0 Å². The van der Waals surface area contributed by atoms with E-state index in [0.29, 0.717) is 16.5 Å². The summed E-state index contributed by atoms with van der Waals surface area (Å²) in [6.45, 7) is 3.54. The lowest BCUT2D eigenvalue weighted by molar-refractivity contribution is -0.121. The standard InChI is InChI=1S/C25H28N4O4/c1-2-28-24(32)20-11-4-5-12-21(20)29(25(28)33)17-22(30)26-16-18-9-8-10-19(15-18)23(31)27-13-6-3-7-14-27/h4-5,8-12,15H,2-3,6-7,13-14,16-17H2,1H3,(H,26,30). The number of carbonyl (C=O) groups is 2. The molecule has 0 atom stereocenters. The molecular weight excluding hydrogens is 420 g/mol. The van der Waals surface area contributed by atoms with Crippen LogP contribution in [0, 0.1) is 0 Å². The molecule has 0 aliphatic carbocycles. The minimum Gasteiger partial charge on any atom is -0.350 e. The van der Waals surface area contributed by atoms with Gasteiger partial charge in [-0.25, -0.2) is 4.79 Å². The third-order valence-corrected chi connectivity index (χ3v) is 6.06. The molecule has 8 heteroatoms. The predicted molar refractivity (Wildman–Crippen MR) is 126 cm³/mol. The third-order valence-electron chi connectivity index (χ3n) is 6.06. The Morgan fingerprint density at radius 2 is 1.70 bits per heavy atom. The highest BCUT2D eigenvalue weighted by molar-refractivity contribution is 5.94. The minimum absolute atomic E-state index is 0.0164. The van der Waals surface area contributed by atoms with E-state index in [9.17, 15) is 19.2 Å². The van der Waals surface area contributed by atoms with E-state index in [2.05, 4.69) is 5.32 Å². The largest absolute Gasteiger partial charge is 0.350 e. The molecule has 1 fully saturated rings. The van der Waals surface area contributed by atoms with Crippen molar-refractivity contribution >= 4 is 22.7 Å². The van der Waals surface area contributed by atoms with Gasteiger partial charge >= 0.3 is 5.69 Å². The molecule has 172 valence electrons. The number of benzene rings is 2. The molecule has 2 amide bonds. The van der Waals surface area contributed by atoms with E-state index in [4.69, 9.17) is 0 Å². The number of rotatable bonds is 6. The van der Waals surface area contributed by atoms with Gasteiger partial charge in [-0.1, -0.05) is 24.3 Å². The number of amides is 2. The average Bonchev–Trinajstić information content (AvgIpc) is 2.86. The zero-order valence-electron chi connectivity index (χ0n) is 18.8. The summed E-state index contributed by atoms with van der Waals surface area (Å²) < 4.78 is 2.46. The first kappa shape index (κ1) is 22.5. The fourth-order valence-corrected chi connectivity index (χ4v) is 4.30. The first-order valence-electron chi connectivity index (χ1n) is 11.4. The molecule has 0 bridgehead atoms. The van der Waals surface area contributed by atoms with Crippen LogP contribution < -0.4 is 16.6 Å². The van der Waals surface area contributed by atoms with Gasteiger partial charge in [0, 0.05) is 31.7 Å². The van der Waals surface area contributed by atoms with Crippen LogP contribution in [-0.2, 0) is 24.4 Å². The van der Waals surface area contributed by atoms with E-state index in [1.54, 1.807) is 43.3 Å². The van der Waals surface area contributed by atoms with Crippen molar-refractivity contribution in [3.8, 4) is 0 Å². The van der Waals surface area contributed by atoms with Crippen LogP contribution >= 0.6 is 0 Å². The summed E-state index contributed by atoms with van der Waals surface area (Å²) in [6.07, 6.45) is 3.21. The van der Waals surface area contributed by atoms with Gasteiger partial charge in [0.05, 0.1) is 10.9 Å². The van der Waals surface area contributed by atoms with Crippen molar-refractivity contribution in [1.29, 1.82) is 0 Å². The summed E-state index contributed by atoms with van der Waals surface area (Å²) in [6, 6.07) is 14.1. The Morgan fingerprint density at radius 1 is 0.939 bits per heavy atom. The summed E-state index contributed by atoms with van der Waals surface area (Å²) in [5.74, 6) is -0.334. The molecule has 0 radical (unpaired) electrons. The Bertz CT molecular complexity index is 1300. The topological polar surface area (TPSA) is 93.4 Å². The second kappa shape index (κ2) is 9.85. The van der Waals surface area contributed by atoms with E-state index >= 15 is 0 Å². The maximum Gasteiger partial charge on any atom is 0.331 e. The normalized spacial score (nSPS) is 13.8. The highest BCUT2D eigenvalue weighted by Gasteiger charge is 2.18. The van der Waals surface area contributed by atoms with Gasteiger partial charge in [-0.3, -0.25) is 23.5 Å². The van der Waals surface area contributed by atoms with Crippen molar-refractivity contribution in [3.63, 3.8) is 0 Å². The number of likely N-dealkylation sites (tertiary alicyclic amines) is 1. The number of fused-ring (bicyclic) bond motifs is 1. The molecule has 1 aliphatic rings. The Balaban J connectivity index is 1.49. The lowest BCUT2D eigenvalue weighted by Gasteiger charge is -2.26. The average molecular weight is 449 g/mol. The number of piperidine rings is 1. The summed E-state index contributed by atoms with van der Waals surface area (Å²) in [4.78, 5) is 52.7. The van der Waals surface area contributed by atoms with Crippen molar-refractivity contribution in [1.82, 2.24) is 19.4 Å². The number of para-hydroxylation sites is 1. The molecular formula is C25H28N4O4. The third kappa shape index (κ3) is 4.74. The molecule has 1 aromatic heterocycles. The first-order chi connectivity index (χ1) is 16.0. The number of carbonyl (C=O) groups excluding carboxylic acids is 2. The summed E-state index contributed by atoms with van der Waals surface area (Å²) in [5, 5.41) is 3.22. The van der Waals surface area contributed by atoms with Gasteiger partial charge in [-0.05, 0) is 56.0 Å². The van der Waals surface area contributed by atoms with Gasteiger partial charge in [0.1, 0.15) is 6.54 Å². The molecule has 1 aliphatic heterocycles. The van der Waals surface area contributed by atoms with Gasteiger partial charge < -0.3 is 10.2 Å². The highest BCUT2D eigenvalue weighted by Crippen LogP contribution is 2.14. The van der Waals surface area contributed by atoms with Crippen LogP contribution in [0.3, 0.4) is 0 Å². The van der Waals surface area contributed by atoms with Gasteiger partial charge in [0.2, 0.25) is 5.91 Å². The van der Waals surface area contributed by atoms with Crippen LogP contribution in [0.5, 0.6) is 0 Å². The molecule has 8 nitrogen and oxygen atoms in total. The Kier molecular flexibility index (Phi) is 6.72. The number of aromatic nitrogens is 2. The second-order valence-electron chi connectivity index (χ2n) is 8.27. The van der Waals surface area contributed by atoms with E-state index in [-0.39, 0.29) is 37.0 Å². The minimum atomic E-state index is -0.509. The van der Waals surface area contributed by atoms with Crippen LogP contribution in [-0.4, -0.2) is 38.9 Å². The zero-order valence-corrected chi connectivity index (χ0v) is 18.8. The molecule has 0 saturated carbocycles. The number of nitrogens with zero attached hydrogens (tertiary/aromatic N) is 3. The van der Waals surface area contributed by atoms with Gasteiger partial charge in [-0.15, -0.1) is 0 Å². The molecule has 0 spiro atoms. The summed E-state index contributed by atoms with van der Waals surface area (Å²) >= 11 is 0. The fourth-order valence-electron chi connectivity index (χ4n) is 4.30. The van der Waals surface area contributed by atoms with Crippen molar-refractivity contribution < 1.29 is 9.59 Å². The van der Waals surface area contributed by atoms with Crippen LogP contribution in [0.4, 0.5) is 0 Å². The lowest BCUT2D eigenvalue weighted by Crippen LogP contribution is -2.42. The first-order valence-corrected chi connectivity index (χ1v) is 11.4. The van der Waals surface area contributed by atoms with Crippen LogP contribution in [0.15, 0.2) is 58.1 Å². The Hall–Kier alpha value is -3.68. The molecule has 0 unspecified atom stereocenters. The SMILES string of the molecule is CCn1c(=O)c2ccccc2n(CC(=O)NCc2cccc(C(=O)N3CCCCC3)c2)c1=O. The molecule has 3 aromatic rings.